The number of halogens is 1. The monoisotopic (exact) mass is 320 g/mol. The minimum absolute atomic E-state index is 0.0512. The van der Waals surface area contributed by atoms with E-state index >= 15 is 0 Å². The lowest BCUT2D eigenvalue weighted by Gasteiger charge is -2.12. The van der Waals surface area contributed by atoms with Crippen LogP contribution in [-0.4, -0.2) is 12.9 Å². The van der Waals surface area contributed by atoms with E-state index in [9.17, 15) is 0 Å². The second kappa shape index (κ2) is 5.75. The van der Waals surface area contributed by atoms with E-state index in [1.165, 1.54) is 0 Å². The Morgan fingerprint density at radius 2 is 1.89 bits per heavy atom. The first-order valence-electron chi connectivity index (χ1n) is 5.56. The number of nitrogens with one attached hydrogen (secondary N) is 1. The van der Waals surface area contributed by atoms with Crippen LogP contribution in [0.15, 0.2) is 46.9 Å². The molecule has 2 rings (SSSR count). The molecule has 3 N–H and O–H groups in total. The van der Waals surface area contributed by atoms with Gasteiger partial charge in [0, 0.05) is 6.07 Å². The number of nitrogens with two attached hydrogens (primary N) is 1. The van der Waals surface area contributed by atoms with Gasteiger partial charge in [-0.1, -0.05) is 12.1 Å². The molecular weight excluding hydrogens is 308 g/mol. The molecule has 0 atom stereocenters. The molecule has 0 saturated carbocycles. The highest BCUT2D eigenvalue weighted by atomic mass is 79.9. The molecule has 5 heteroatoms. The van der Waals surface area contributed by atoms with Crippen LogP contribution in [0.4, 0.5) is 0 Å². The lowest BCUT2D eigenvalue weighted by atomic mass is 10.1. The van der Waals surface area contributed by atoms with Crippen LogP contribution >= 0.6 is 15.9 Å². The fraction of sp³-hybridized carbons (Fsp3) is 0.0714. The Balaban J connectivity index is 2.43. The summed E-state index contributed by atoms with van der Waals surface area (Å²) in [6.45, 7) is 0. The zero-order valence-corrected chi connectivity index (χ0v) is 11.9. The molecule has 19 heavy (non-hydrogen) atoms. The second-order valence-corrected chi connectivity index (χ2v) is 4.66. The number of methoxy groups -OCH3 is 1. The summed E-state index contributed by atoms with van der Waals surface area (Å²) in [7, 11) is 1.57. The number of para-hydroxylation sites is 1. The smallest absolute Gasteiger partial charge is 0.142 e. The van der Waals surface area contributed by atoms with Gasteiger partial charge >= 0.3 is 0 Å². The van der Waals surface area contributed by atoms with Crippen molar-refractivity contribution in [2.75, 3.05) is 7.11 Å². The number of hydrogen-bond acceptors (Lipinski definition) is 3. The van der Waals surface area contributed by atoms with Crippen molar-refractivity contribution in [1.82, 2.24) is 0 Å². The summed E-state index contributed by atoms with van der Waals surface area (Å²) in [5.41, 5.74) is 6.07. The summed E-state index contributed by atoms with van der Waals surface area (Å²) in [5, 5.41) is 7.57. The third-order valence-corrected chi connectivity index (χ3v) is 3.19. The summed E-state index contributed by atoms with van der Waals surface area (Å²) >= 11 is 3.41. The van der Waals surface area contributed by atoms with Crippen LogP contribution in [0.25, 0.3) is 0 Å². The van der Waals surface area contributed by atoms with Gasteiger partial charge < -0.3 is 15.2 Å². The first-order valence-corrected chi connectivity index (χ1v) is 6.36. The predicted molar refractivity (Wildman–Crippen MR) is 78.2 cm³/mol. The fourth-order valence-corrected chi connectivity index (χ4v) is 1.95. The Bertz CT molecular complexity index is 614. The highest BCUT2D eigenvalue weighted by Gasteiger charge is 2.11. The summed E-state index contributed by atoms with van der Waals surface area (Å²) < 4.78 is 11.8. The van der Waals surface area contributed by atoms with E-state index in [4.69, 9.17) is 20.6 Å². The van der Waals surface area contributed by atoms with Crippen molar-refractivity contribution in [3.8, 4) is 17.2 Å². The molecule has 0 unspecified atom stereocenters. The summed E-state index contributed by atoms with van der Waals surface area (Å²) in [6, 6.07) is 12.6. The van der Waals surface area contributed by atoms with Gasteiger partial charge in [-0.3, -0.25) is 5.41 Å². The van der Waals surface area contributed by atoms with Gasteiger partial charge in [0.2, 0.25) is 0 Å². The summed E-state index contributed by atoms with van der Waals surface area (Å²) in [6.07, 6.45) is 0. The van der Waals surface area contributed by atoms with E-state index in [2.05, 4.69) is 15.9 Å². The maximum Gasteiger partial charge on any atom is 0.142 e. The minimum Gasteiger partial charge on any atom is -0.497 e. The van der Waals surface area contributed by atoms with Gasteiger partial charge in [0.25, 0.3) is 0 Å². The van der Waals surface area contributed by atoms with E-state index < -0.39 is 0 Å². The fourth-order valence-electron chi connectivity index (χ4n) is 1.58. The van der Waals surface area contributed by atoms with Crippen molar-refractivity contribution in [2.45, 2.75) is 0 Å². The van der Waals surface area contributed by atoms with E-state index in [-0.39, 0.29) is 5.84 Å². The number of hydrogen-bond donors (Lipinski definition) is 2. The van der Waals surface area contributed by atoms with E-state index in [1.807, 2.05) is 24.3 Å². The molecule has 0 amide bonds. The zero-order valence-electron chi connectivity index (χ0n) is 10.3. The SMILES string of the molecule is COc1ccc(C(=N)N)c(Oc2ccccc2Br)c1. The van der Waals surface area contributed by atoms with E-state index in [1.54, 1.807) is 25.3 Å². The molecule has 0 heterocycles. The van der Waals surface area contributed by atoms with Crippen LogP contribution in [-0.2, 0) is 0 Å². The van der Waals surface area contributed by atoms with Crippen molar-refractivity contribution >= 4 is 21.8 Å². The molecule has 98 valence electrons. The predicted octanol–water partition coefficient (Wildman–Crippen LogP) is 3.53. The minimum atomic E-state index is -0.0512. The van der Waals surface area contributed by atoms with Gasteiger partial charge in [-0.05, 0) is 40.2 Å². The molecule has 0 saturated heterocycles. The number of benzene rings is 2. The number of amidine groups is 1. The molecule has 0 fully saturated rings. The molecule has 0 aliphatic heterocycles. The number of rotatable bonds is 4. The maximum absolute atomic E-state index is 7.57. The standard InChI is InChI=1S/C14H13BrN2O2/c1-18-9-6-7-10(14(16)17)13(8-9)19-12-5-3-2-4-11(12)15/h2-8H,1H3,(H3,16,17). The Morgan fingerprint density at radius 1 is 1.16 bits per heavy atom. The molecule has 2 aromatic carbocycles. The third kappa shape index (κ3) is 3.06. The number of nitrogen functional groups attached to an aromatic ring is 1. The Morgan fingerprint density at radius 3 is 2.53 bits per heavy atom. The zero-order chi connectivity index (χ0) is 13.8. The quantitative estimate of drug-likeness (QED) is 0.668. The van der Waals surface area contributed by atoms with Crippen LogP contribution in [0.1, 0.15) is 5.56 Å². The van der Waals surface area contributed by atoms with Crippen molar-refractivity contribution in [2.24, 2.45) is 5.73 Å². The van der Waals surface area contributed by atoms with Crippen molar-refractivity contribution in [1.29, 1.82) is 5.41 Å². The van der Waals surface area contributed by atoms with Crippen LogP contribution in [0.2, 0.25) is 0 Å². The van der Waals surface area contributed by atoms with Gasteiger partial charge in [-0.25, -0.2) is 0 Å². The second-order valence-electron chi connectivity index (χ2n) is 3.81. The first-order chi connectivity index (χ1) is 9.11. The molecule has 0 radical (unpaired) electrons. The largest absolute Gasteiger partial charge is 0.497 e. The van der Waals surface area contributed by atoms with Crippen LogP contribution in [0.3, 0.4) is 0 Å². The molecular formula is C14H13BrN2O2. The highest BCUT2D eigenvalue weighted by molar-refractivity contribution is 9.10. The van der Waals surface area contributed by atoms with Crippen LogP contribution < -0.4 is 15.2 Å². The van der Waals surface area contributed by atoms with Gasteiger partial charge in [0.05, 0.1) is 17.1 Å². The van der Waals surface area contributed by atoms with Crippen molar-refractivity contribution in [3.63, 3.8) is 0 Å². The number of ether oxygens (including phenoxy) is 2. The first kappa shape index (κ1) is 13.4. The normalized spacial score (nSPS) is 10.0. The Kier molecular flexibility index (Phi) is 4.06. The topological polar surface area (TPSA) is 68.3 Å². The molecule has 0 spiro atoms. The molecule has 0 aliphatic carbocycles. The van der Waals surface area contributed by atoms with Crippen molar-refractivity contribution in [3.05, 3.63) is 52.5 Å². The van der Waals surface area contributed by atoms with Crippen LogP contribution in [0.5, 0.6) is 17.2 Å². The maximum atomic E-state index is 7.57. The Labute approximate surface area is 119 Å². The average molecular weight is 321 g/mol. The van der Waals surface area contributed by atoms with Crippen LogP contribution in [0, 0.1) is 5.41 Å². The van der Waals surface area contributed by atoms with Gasteiger partial charge in [-0.15, -0.1) is 0 Å². The lowest BCUT2D eigenvalue weighted by molar-refractivity contribution is 0.408. The molecule has 0 aromatic heterocycles. The van der Waals surface area contributed by atoms with Gasteiger partial charge in [-0.2, -0.15) is 0 Å². The summed E-state index contributed by atoms with van der Waals surface area (Å²) in [5.74, 6) is 1.73. The van der Waals surface area contributed by atoms with Gasteiger partial charge in [0.15, 0.2) is 0 Å². The van der Waals surface area contributed by atoms with Crippen molar-refractivity contribution < 1.29 is 9.47 Å². The molecule has 2 aromatic rings. The Hall–Kier alpha value is -2.01. The highest BCUT2D eigenvalue weighted by Crippen LogP contribution is 2.33. The van der Waals surface area contributed by atoms with E-state index in [0.717, 1.165) is 4.47 Å². The molecule has 0 bridgehead atoms. The lowest BCUT2D eigenvalue weighted by Crippen LogP contribution is -2.12. The van der Waals surface area contributed by atoms with E-state index in [0.29, 0.717) is 22.8 Å². The molecule has 4 nitrogen and oxygen atoms in total. The summed E-state index contributed by atoms with van der Waals surface area (Å²) in [4.78, 5) is 0. The van der Waals surface area contributed by atoms with Gasteiger partial charge in [0.1, 0.15) is 23.1 Å². The average Bonchev–Trinajstić information content (AvgIpc) is 2.41. The molecule has 0 aliphatic rings. The third-order valence-electron chi connectivity index (χ3n) is 2.54.